The fourth-order valence-electron chi connectivity index (χ4n) is 4.46. The molecule has 4 rings (SSSR count). The SMILES string of the molecule is CC(c1ccccc1)N1CCCC2(CC(=O)c3cc(C=CC(=O)NO)ccc3O2)C1. The third-order valence-electron chi connectivity index (χ3n) is 6.05. The summed E-state index contributed by atoms with van der Waals surface area (Å²) in [6, 6.07) is 16.0. The molecule has 1 amide bonds. The van der Waals surface area contributed by atoms with E-state index in [1.807, 2.05) is 6.07 Å². The second-order valence-corrected chi connectivity index (χ2v) is 8.11. The number of fused-ring (bicyclic) bond motifs is 1. The van der Waals surface area contributed by atoms with Gasteiger partial charge in [0.25, 0.3) is 5.91 Å². The van der Waals surface area contributed by atoms with Gasteiger partial charge in [0.05, 0.1) is 12.0 Å². The Morgan fingerprint density at radius 2 is 2.07 bits per heavy atom. The number of carbonyl (C=O) groups excluding carboxylic acids is 2. The number of benzene rings is 2. The Balaban J connectivity index is 1.54. The van der Waals surface area contributed by atoms with E-state index in [-0.39, 0.29) is 11.8 Å². The van der Waals surface area contributed by atoms with Crippen LogP contribution in [-0.4, -0.2) is 40.5 Å². The fourth-order valence-corrected chi connectivity index (χ4v) is 4.46. The normalized spacial score (nSPS) is 22.5. The van der Waals surface area contributed by atoms with Crippen LogP contribution in [0.3, 0.4) is 0 Å². The van der Waals surface area contributed by atoms with Crippen molar-refractivity contribution in [2.24, 2.45) is 0 Å². The van der Waals surface area contributed by atoms with Gasteiger partial charge in [0.1, 0.15) is 11.4 Å². The molecule has 0 saturated carbocycles. The first-order valence-corrected chi connectivity index (χ1v) is 10.3. The second-order valence-electron chi connectivity index (χ2n) is 8.11. The summed E-state index contributed by atoms with van der Waals surface area (Å²) in [6.45, 7) is 3.90. The molecule has 0 bridgehead atoms. The van der Waals surface area contributed by atoms with Crippen molar-refractivity contribution in [3.8, 4) is 5.75 Å². The van der Waals surface area contributed by atoms with E-state index >= 15 is 0 Å². The lowest BCUT2D eigenvalue weighted by atomic mass is 9.82. The quantitative estimate of drug-likeness (QED) is 0.459. The van der Waals surface area contributed by atoms with Crippen molar-refractivity contribution in [2.75, 3.05) is 13.1 Å². The third kappa shape index (κ3) is 4.15. The summed E-state index contributed by atoms with van der Waals surface area (Å²) in [5.74, 6) is 0.0423. The first-order chi connectivity index (χ1) is 14.5. The zero-order valence-electron chi connectivity index (χ0n) is 17.0. The molecule has 2 unspecified atom stereocenters. The third-order valence-corrected chi connectivity index (χ3v) is 6.05. The number of hydrogen-bond donors (Lipinski definition) is 2. The maximum Gasteiger partial charge on any atom is 0.267 e. The van der Waals surface area contributed by atoms with Crippen molar-refractivity contribution in [2.45, 2.75) is 37.8 Å². The van der Waals surface area contributed by atoms with Gasteiger partial charge in [-0.2, -0.15) is 0 Å². The van der Waals surface area contributed by atoms with Gasteiger partial charge in [0.15, 0.2) is 5.78 Å². The van der Waals surface area contributed by atoms with Gasteiger partial charge in [0.2, 0.25) is 0 Å². The highest BCUT2D eigenvalue weighted by atomic mass is 16.5. The molecule has 6 heteroatoms. The van der Waals surface area contributed by atoms with Crippen molar-refractivity contribution in [3.63, 3.8) is 0 Å². The molecule has 6 nitrogen and oxygen atoms in total. The number of nitrogens with zero attached hydrogens (tertiary/aromatic N) is 1. The summed E-state index contributed by atoms with van der Waals surface area (Å²) in [7, 11) is 0. The van der Waals surface area contributed by atoms with Crippen LogP contribution in [-0.2, 0) is 4.79 Å². The number of piperidine rings is 1. The highest BCUT2D eigenvalue weighted by Crippen LogP contribution is 2.40. The first-order valence-electron chi connectivity index (χ1n) is 10.3. The minimum Gasteiger partial charge on any atom is -0.485 e. The number of ketones is 1. The smallest absolute Gasteiger partial charge is 0.267 e. The van der Waals surface area contributed by atoms with Crippen molar-refractivity contribution in [1.29, 1.82) is 0 Å². The van der Waals surface area contributed by atoms with E-state index in [0.29, 0.717) is 29.8 Å². The number of carbonyl (C=O) groups is 2. The first kappa shape index (κ1) is 20.3. The van der Waals surface area contributed by atoms with Crippen molar-refractivity contribution >= 4 is 17.8 Å². The summed E-state index contributed by atoms with van der Waals surface area (Å²) >= 11 is 0. The molecule has 1 spiro atoms. The lowest BCUT2D eigenvalue weighted by Gasteiger charge is -2.46. The number of hydrogen-bond acceptors (Lipinski definition) is 5. The molecule has 30 heavy (non-hydrogen) atoms. The van der Waals surface area contributed by atoms with Gasteiger partial charge in [-0.3, -0.25) is 19.7 Å². The molecule has 2 N–H and O–H groups in total. The maximum atomic E-state index is 13.0. The minimum absolute atomic E-state index is 0.0623. The molecule has 156 valence electrons. The van der Waals surface area contributed by atoms with Gasteiger partial charge in [-0.15, -0.1) is 0 Å². The summed E-state index contributed by atoms with van der Waals surface area (Å²) in [5.41, 5.74) is 3.56. The summed E-state index contributed by atoms with van der Waals surface area (Å²) in [5, 5.41) is 8.59. The molecule has 2 aromatic rings. The maximum absolute atomic E-state index is 13.0. The molecule has 1 fully saturated rings. The fraction of sp³-hybridized carbons (Fsp3) is 0.333. The van der Waals surface area contributed by atoms with Gasteiger partial charge in [0, 0.05) is 18.7 Å². The van der Waals surface area contributed by atoms with Crippen LogP contribution >= 0.6 is 0 Å². The molecule has 1 saturated heterocycles. The van der Waals surface area contributed by atoms with Crippen LogP contribution in [0.4, 0.5) is 0 Å². The summed E-state index contributed by atoms with van der Waals surface area (Å²) in [4.78, 5) is 26.6. The molecule has 2 heterocycles. The summed E-state index contributed by atoms with van der Waals surface area (Å²) in [6.07, 6.45) is 4.95. The van der Waals surface area contributed by atoms with E-state index in [1.165, 1.54) is 11.6 Å². The number of rotatable bonds is 4. The number of ether oxygens (including phenoxy) is 1. The monoisotopic (exact) mass is 406 g/mol. The van der Waals surface area contributed by atoms with E-state index in [0.717, 1.165) is 19.4 Å². The Bertz CT molecular complexity index is 972. The van der Waals surface area contributed by atoms with Crippen LogP contribution in [0.2, 0.25) is 0 Å². The van der Waals surface area contributed by atoms with Gasteiger partial charge in [-0.1, -0.05) is 36.4 Å². The Morgan fingerprint density at radius 1 is 1.27 bits per heavy atom. The van der Waals surface area contributed by atoms with Crippen LogP contribution < -0.4 is 10.2 Å². The highest BCUT2D eigenvalue weighted by molar-refractivity contribution is 6.01. The van der Waals surface area contributed by atoms with Crippen molar-refractivity contribution in [1.82, 2.24) is 10.4 Å². The number of amides is 1. The molecular weight excluding hydrogens is 380 g/mol. The lowest BCUT2D eigenvalue weighted by molar-refractivity contribution is -0.124. The van der Waals surface area contributed by atoms with E-state index in [2.05, 4.69) is 36.1 Å². The predicted octanol–water partition coefficient (Wildman–Crippen LogP) is 3.77. The average Bonchev–Trinajstić information content (AvgIpc) is 2.77. The zero-order chi connectivity index (χ0) is 21.1. The second kappa shape index (κ2) is 8.42. The highest BCUT2D eigenvalue weighted by Gasteiger charge is 2.44. The number of nitrogens with one attached hydrogen (secondary N) is 1. The topological polar surface area (TPSA) is 78.9 Å². The summed E-state index contributed by atoms with van der Waals surface area (Å²) < 4.78 is 6.44. The van der Waals surface area contributed by atoms with Gasteiger partial charge in [-0.05, 0) is 55.6 Å². The average molecular weight is 406 g/mol. The van der Waals surface area contributed by atoms with Crippen molar-refractivity contribution in [3.05, 3.63) is 71.3 Å². The van der Waals surface area contributed by atoms with Crippen LogP contribution in [0.5, 0.6) is 5.75 Å². The predicted molar refractivity (Wildman–Crippen MR) is 113 cm³/mol. The van der Waals surface area contributed by atoms with Crippen LogP contribution in [0, 0.1) is 0 Å². The van der Waals surface area contributed by atoms with E-state index in [1.54, 1.807) is 29.8 Å². The zero-order valence-corrected chi connectivity index (χ0v) is 17.0. The molecule has 2 atom stereocenters. The number of Topliss-reactive ketones (excluding diaryl/α,β-unsaturated/α-hetero) is 1. The van der Waals surface area contributed by atoms with E-state index in [4.69, 9.17) is 9.94 Å². The van der Waals surface area contributed by atoms with Crippen LogP contribution in [0.15, 0.2) is 54.6 Å². The van der Waals surface area contributed by atoms with E-state index < -0.39 is 11.5 Å². The van der Waals surface area contributed by atoms with E-state index in [9.17, 15) is 9.59 Å². The van der Waals surface area contributed by atoms with Crippen molar-refractivity contribution < 1.29 is 19.5 Å². The van der Waals surface area contributed by atoms with Gasteiger partial charge < -0.3 is 4.74 Å². The molecule has 0 aromatic heterocycles. The Hall–Kier alpha value is -2.96. The minimum atomic E-state index is -0.621. The number of hydroxylamine groups is 1. The molecule has 2 aliphatic rings. The molecular formula is C24H26N2O4. The van der Waals surface area contributed by atoms with Crippen LogP contribution in [0.25, 0.3) is 6.08 Å². The molecule has 0 radical (unpaired) electrons. The lowest BCUT2D eigenvalue weighted by Crippen LogP contribution is -2.55. The molecule has 0 aliphatic carbocycles. The Labute approximate surface area is 176 Å². The molecule has 2 aliphatic heterocycles. The Kier molecular flexibility index (Phi) is 5.70. The Morgan fingerprint density at radius 3 is 2.83 bits per heavy atom. The van der Waals surface area contributed by atoms with Gasteiger partial charge >= 0.3 is 0 Å². The van der Waals surface area contributed by atoms with Crippen LogP contribution in [0.1, 0.15) is 53.7 Å². The molecule has 2 aromatic carbocycles. The number of likely N-dealkylation sites (tertiary alicyclic amines) is 1. The van der Waals surface area contributed by atoms with Gasteiger partial charge in [-0.25, -0.2) is 5.48 Å². The standard InChI is InChI=1S/C24H26N2O4/c1-17(19-6-3-2-4-7-19)26-13-5-12-24(16-26)15-21(27)20-14-18(8-10-22(20)30-24)9-11-23(28)25-29/h2-4,6-11,14,17,29H,5,12-13,15-16H2,1H3,(H,25,28). The largest absolute Gasteiger partial charge is 0.485 e.